The van der Waals surface area contributed by atoms with Gasteiger partial charge in [0.2, 0.25) is 0 Å². The van der Waals surface area contributed by atoms with Crippen LogP contribution in [0.25, 0.3) is 38.9 Å². The van der Waals surface area contributed by atoms with Crippen molar-refractivity contribution in [2.24, 2.45) is 0 Å². The van der Waals surface area contributed by atoms with Gasteiger partial charge in [0, 0.05) is 0 Å². The molecule has 0 atom stereocenters. The Morgan fingerprint density at radius 3 is 2.00 bits per heavy atom. The molecule has 0 spiro atoms. The highest BCUT2D eigenvalue weighted by molar-refractivity contribution is 5.97. The summed E-state index contributed by atoms with van der Waals surface area (Å²) < 4.78 is 2.11. The normalized spacial score (nSPS) is 11.2. The predicted octanol–water partition coefficient (Wildman–Crippen LogP) is 5.53. The van der Waals surface area contributed by atoms with Crippen LogP contribution in [0.3, 0.4) is 0 Å². The molecule has 0 aliphatic rings. The van der Waals surface area contributed by atoms with E-state index in [4.69, 9.17) is 0 Å². The molecule has 0 saturated heterocycles. The first-order chi connectivity index (χ1) is 12.8. The third-order valence-electron chi connectivity index (χ3n) is 4.74. The molecule has 0 aliphatic carbocycles. The van der Waals surface area contributed by atoms with Gasteiger partial charge >= 0.3 is 0 Å². The standard InChI is InChI=1S/C23H16N2O/c26-23-20-15-24-18-13-7-8-14-19(18)25(20)22(17-11-5-2-6-12-17)21(23)16-9-3-1-4-10-16/h1-15,26H. The molecule has 3 heteroatoms. The predicted molar refractivity (Wildman–Crippen MR) is 105 cm³/mol. The van der Waals surface area contributed by atoms with Crippen molar-refractivity contribution in [3.63, 3.8) is 0 Å². The van der Waals surface area contributed by atoms with Gasteiger partial charge in [0.05, 0.1) is 28.5 Å². The molecule has 0 bridgehead atoms. The topological polar surface area (TPSA) is 37.5 Å². The molecule has 0 radical (unpaired) electrons. The van der Waals surface area contributed by atoms with Crippen LogP contribution in [0.4, 0.5) is 0 Å². The van der Waals surface area contributed by atoms with Gasteiger partial charge in [0.1, 0.15) is 5.52 Å². The molecule has 26 heavy (non-hydrogen) atoms. The summed E-state index contributed by atoms with van der Waals surface area (Å²) in [4.78, 5) is 4.53. The molecule has 0 aliphatic heterocycles. The molecule has 0 saturated carbocycles. The van der Waals surface area contributed by atoms with Gasteiger partial charge < -0.3 is 9.51 Å². The van der Waals surface area contributed by atoms with Gasteiger partial charge in [-0.2, -0.15) is 0 Å². The summed E-state index contributed by atoms with van der Waals surface area (Å²) in [6.07, 6.45) is 1.75. The van der Waals surface area contributed by atoms with E-state index in [-0.39, 0.29) is 5.75 Å². The van der Waals surface area contributed by atoms with Crippen molar-refractivity contribution in [3.8, 4) is 28.1 Å². The maximum absolute atomic E-state index is 11.1. The van der Waals surface area contributed by atoms with Crippen LogP contribution in [0.2, 0.25) is 0 Å². The number of fused-ring (bicyclic) bond motifs is 3. The minimum absolute atomic E-state index is 0.258. The van der Waals surface area contributed by atoms with E-state index < -0.39 is 0 Å². The van der Waals surface area contributed by atoms with Crippen molar-refractivity contribution in [2.45, 2.75) is 0 Å². The Morgan fingerprint density at radius 2 is 1.27 bits per heavy atom. The van der Waals surface area contributed by atoms with Crippen LogP contribution < -0.4 is 0 Å². The SMILES string of the molecule is Oc1c(-c2ccccc2)c(-c2ccccc2)n2c1cnc1ccccc12. The number of hydrogen-bond acceptors (Lipinski definition) is 2. The molecular formula is C23H16N2O. The molecule has 0 fully saturated rings. The van der Waals surface area contributed by atoms with E-state index in [2.05, 4.69) is 21.5 Å². The summed E-state index contributed by atoms with van der Waals surface area (Å²) >= 11 is 0. The average Bonchev–Trinajstić information content (AvgIpc) is 3.02. The van der Waals surface area contributed by atoms with Crippen molar-refractivity contribution in [1.29, 1.82) is 0 Å². The Kier molecular flexibility index (Phi) is 3.25. The Morgan fingerprint density at radius 1 is 0.654 bits per heavy atom. The highest BCUT2D eigenvalue weighted by Gasteiger charge is 2.22. The summed E-state index contributed by atoms with van der Waals surface area (Å²) in [5.74, 6) is 0.258. The van der Waals surface area contributed by atoms with Crippen molar-refractivity contribution >= 4 is 16.6 Å². The van der Waals surface area contributed by atoms with Crippen molar-refractivity contribution in [1.82, 2.24) is 9.38 Å². The zero-order valence-corrected chi connectivity index (χ0v) is 14.0. The van der Waals surface area contributed by atoms with E-state index >= 15 is 0 Å². The summed E-state index contributed by atoms with van der Waals surface area (Å²) in [6, 6.07) is 28.2. The van der Waals surface area contributed by atoms with E-state index in [9.17, 15) is 5.11 Å². The largest absolute Gasteiger partial charge is 0.505 e. The first kappa shape index (κ1) is 14.7. The molecule has 1 N–H and O–H groups in total. The zero-order chi connectivity index (χ0) is 17.5. The van der Waals surface area contributed by atoms with Gasteiger partial charge in [0.15, 0.2) is 5.75 Å². The molecule has 124 valence electrons. The van der Waals surface area contributed by atoms with Crippen molar-refractivity contribution < 1.29 is 5.11 Å². The minimum atomic E-state index is 0.258. The second-order valence-corrected chi connectivity index (χ2v) is 6.27. The number of aromatic nitrogens is 2. The molecule has 2 heterocycles. The molecular weight excluding hydrogens is 320 g/mol. The van der Waals surface area contributed by atoms with Gasteiger partial charge in [-0.25, -0.2) is 0 Å². The van der Waals surface area contributed by atoms with Crippen LogP contribution in [-0.2, 0) is 0 Å². The smallest absolute Gasteiger partial charge is 0.151 e. The van der Waals surface area contributed by atoms with Crippen LogP contribution in [0.1, 0.15) is 0 Å². The Labute approximate surface area is 150 Å². The van der Waals surface area contributed by atoms with Gasteiger partial charge in [-0.3, -0.25) is 4.98 Å². The Balaban J connectivity index is 2.02. The third-order valence-corrected chi connectivity index (χ3v) is 4.74. The van der Waals surface area contributed by atoms with Crippen LogP contribution >= 0.6 is 0 Å². The monoisotopic (exact) mass is 336 g/mol. The quantitative estimate of drug-likeness (QED) is 0.460. The Hall–Kier alpha value is -3.59. The van der Waals surface area contributed by atoms with Crippen molar-refractivity contribution in [3.05, 3.63) is 91.1 Å². The first-order valence-electron chi connectivity index (χ1n) is 8.56. The Bertz CT molecular complexity index is 1230. The summed E-state index contributed by atoms with van der Waals surface area (Å²) in [5.41, 5.74) is 6.42. The highest BCUT2D eigenvalue weighted by Crippen LogP contribution is 2.44. The van der Waals surface area contributed by atoms with E-state index in [0.717, 1.165) is 33.4 Å². The van der Waals surface area contributed by atoms with Gasteiger partial charge in [-0.1, -0.05) is 72.8 Å². The van der Waals surface area contributed by atoms with Gasteiger partial charge in [-0.15, -0.1) is 0 Å². The fourth-order valence-corrected chi connectivity index (χ4v) is 3.59. The molecule has 2 aromatic heterocycles. The highest BCUT2D eigenvalue weighted by atomic mass is 16.3. The summed E-state index contributed by atoms with van der Waals surface area (Å²) in [5, 5.41) is 11.1. The lowest BCUT2D eigenvalue weighted by Gasteiger charge is -2.09. The molecule has 3 nitrogen and oxygen atoms in total. The molecule has 0 amide bonds. The van der Waals surface area contributed by atoms with E-state index in [1.54, 1.807) is 6.20 Å². The van der Waals surface area contributed by atoms with Crippen LogP contribution in [0.5, 0.6) is 5.75 Å². The number of rotatable bonds is 2. The lowest BCUT2D eigenvalue weighted by atomic mass is 10.0. The number of nitrogens with zero attached hydrogens (tertiary/aromatic N) is 2. The summed E-state index contributed by atoms with van der Waals surface area (Å²) in [6.45, 7) is 0. The van der Waals surface area contributed by atoms with E-state index in [1.165, 1.54) is 0 Å². The number of benzene rings is 3. The number of aromatic hydroxyl groups is 1. The lowest BCUT2D eigenvalue weighted by Crippen LogP contribution is -1.93. The zero-order valence-electron chi connectivity index (χ0n) is 14.0. The second-order valence-electron chi connectivity index (χ2n) is 6.27. The maximum Gasteiger partial charge on any atom is 0.151 e. The van der Waals surface area contributed by atoms with Gasteiger partial charge in [0.25, 0.3) is 0 Å². The van der Waals surface area contributed by atoms with Crippen LogP contribution in [-0.4, -0.2) is 14.5 Å². The van der Waals surface area contributed by atoms with Crippen LogP contribution in [0.15, 0.2) is 91.1 Å². The number of para-hydroxylation sites is 2. The average molecular weight is 336 g/mol. The number of hydrogen-bond donors (Lipinski definition) is 1. The maximum atomic E-state index is 11.1. The fourth-order valence-electron chi connectivity index (χ4n) is 3.59. The molecule has 5 rings (SSSR count). The third kappa shape index (κ3) is 2.11. The summed E-state index contributed by atoms with van der Waals surface area (Å²) in [7, 11) is 0. The molecule has 3 aromatic carbocycles. The van der Waals surface area contributed by atoms with Crippen LogP contribution in [0, 0.1) is 0 Å². The minimum Gasteiger partial charge on any atom is -0.505 e. The lowest BCUT2D eigenvalue weighted by molar-refractivity contribution is 0.483. The van der Waals surface area contributed by atoms with E-state index in [1.807, 2.05) is 72.8 Å². The van der Waals surface area contributed by atoms with E-state index in [0.29, 0.717) is 5.52 Å². The molecule has 5 aromatic rings. The first-order valence-corrected chi connectivity index (χ1v) is 8.56. The second kappa shape index (κ2) is 5.74. The molecule has 0 unspecified atom stereocenters. The fraction of sp³-hybridized carbons (Fsp3) is 0. The van der Waals surface area contributed by atoms with Crippen molar-refractivity contribution in [2.75, 3.05) is 0 Å². The van der Waals surface area contributed by atoms with Gasteiger partial charge in [-0.05, 0) is 23.3 Å².